The smallest absolute Gasteiger partial charge is 0.340 e. The van der Waals surface area contributed by atoms with Gasteiger partial charge >= 0.3 is 5.97 Å². The van der Waals surface area contributed by atoms with Crippen molar-refractivity contribution in [2.75, 3.05) is 6.61 Å². The molecule has 0 amide bonds. The second kappa shape index (κ2) is 8.03. The summed E-state index contributed by atoms with van der Waals surface area (Å²) in [6, 6.07) is 9.06. The van der Waals surface area contributed by atoms with E-state index >= 15 is 0 Å². The van der Waals surface area contributed by atoms with Crippen LogP contribution in [0.15, 0.2) is 52.3 Å². The molecule has 0 fully saturated rings. The van der Waals surface area contributed by atoms with E-state index in [2.05, 4.69) is 9.97 Å². The molecule has 31 heavy (non-hydrogen) atoms. The number of aromatic amines is 2. The van der Waals surface area contributed by atoms with E-state index in [4.69, 9.17) is 27.9 Å². The van der Waals surface area contributed by atoms with Crippen molar-refractivity contribution >= 4 is 60.8 Å². The molecule has 10 heteroatoms. The number of carbonyl (C=O) groups is 1. The number of carbonyl (C=O) groups excluding carboxylic acids is 1. The van der Waals surface area contributed by atoms with Gasteiger partial charge < -0.3 is 14.7 Å². The third-order valence-electron chi connectivity index (χ3n) is 4.87. The number of aromatic nitrogens is 2. The highest BCUT2D eigenvalue weighted by atomic mass is 35.5. The molecule has 0 saturated heterocycles. The molecule has 0 aliphatic rings. The molecule has 2 aromatic carbocycles. The first-order valence-electron chi connectivity index (χ1n) is 9.23. The van der Waals surface area contributed by atoms with Gasteiger partial charge in [0.05, 0.1) is 22.8 Å². The van der Waals surface area contributed by atoms with Crippen LogP contribution in [-0.4, -0.2) is 31.0 Å². The van der Waals surface area contributed by atoms with E-state index in [0.29, 0.717) is 21.9 Å². The van der Waals surface area contributed by atoms with Gasteiger partial charge in [0.25, 0.3) is 5.56 Å². The molecule has 2 aromatic heterocycles. The standard InChI is InChI=1S/C21H16Cl2N2O5S/c1-2-30-21(27)13-9-24-19-18(13)12-8-11(6-7-17(12)25-20(19)26)31(28,29)10-14-15(22)4-3-5-16(14)23/h3-9,24H,2,10H2,1H3,(H,25,26). The lowest BCUT2D eigenvalue weighted by molar-refractivity contribution is 0.0529. The SMILES string of the molecule is CCOC(=O)c1c[nH]c2c(=O)[nH]c3ccc(S(=O)(=O)Cc4c(Cl)cccc4Cl)cc3c12. The minimum Gasteiger partial charge on any atom is -0.462 e. The predicted molar refractivity (Wildman–Crippen MR) is 120 cm³/mol. The van der Waals surface area contributed by atoms with Crippen LogP contribution in [0.2, 0.25) is 10.0 Å². The number of fused-ring (bicyclic) bond motifs is 3. The van der Waals surface area contributed by atoms with E-state index < -0.39 is 27.1 Å². The first kappa shape index (κ1) is 21.4. The molecular formula is C21H16Cl2N2O5S. The summed E-state index contributed by atoms with van der Waals surface area (Å²) in [6.07, 6.45) is 1.38. The van der Waals surface area contributed by atoms with Crippen molar-refractivity contribution in [2.45, 2.75) is 17.6 Å². The van der Waals surface area contributed by atoms with Crippen LogP contribution in [0.5, 0.6) is 0 Å². The summed E-state index contributed by atoms with van der Waals surface area (Å²) in [6.45, 7) is 1.83. The summed E-state index contributed by atoms with van der Waals surface area (Å²) in [4.78, 5) is 30.2. The highest BCUT2D eigenvalue weighted by molar-refractivity contribution is 7.90. The Balaban J connectivity index is 1.92. The third-order valence-corrected chi connectivity index (χ3v) is 7.22. The predicted octanol–water partition coefficient (Wildman–Crippen LogP) is 4.47. The van der Waals surface area contributed by atoms with Crippen LogP contribution in [0, 0.1) is 0 Å². The number of hydrogen-bond acceptors (Lipinski definition) is 5. The number of rotatable bonds is 5. The van der Waals surface area contributed by atoms with Crippen LogP contribution in [0.4, 0.5) is 0 Å². The third kappa shape index (κ3) is 3.82. The minimum absolute atomic E-state index is 0.000319. The molecule has 0 atom stereocenters. The Hall–Kier alpha value is -2.81. The summed E-state index contributed by atoms with van der Waals surface area (Å²) in [5.41, 5.74) is 0.552. The normalized spacial score (nSPS) is 11.8. The number of ether oxygens (including phenoxy) is 1. The lowest BCUT2D eigenvalue weighted by atomic mass is 10.1. The molecule has 0 spiro atoms. The topological polar surface area (TPSA) is 109 Å². The summed E-state index contributed by atoms with van der Waals surface area (Å²) >= 11 is 12.3. The van der Waals surface area contributed by atoms with Crippen molar-refractivity contribution in [1.29, 1.82) is 0 Å². The molecule has 0 radical (unpaired) electrons. The molecule has 160 valence electrons. The molecule has 0 saturated carbocycles. The fourth-order valence-corrected chi connectivity index (χ4v) is 5.53. The molecule has 0 aliphatic carbocycles. The number of pyridine rings is 1. The van der Waals surface area contributed by atoms with E-state index in [1.54, 1.807) is 25.1 Å². The van der Waals surface area contributed by atoms with Crippen LogP contribution in [-0.2, 0) is 20.3 Å². The average Bonchev–Trinajstić information content (AvgIpc) is 3.17. The van der Waals surface area contributed by atoms with Gasteiger partial charge in [0.1, 0.15) is 5.52 Å². The number of halogens is 2. The Labute approximate surface area is 186 Å². The number of hydrogen-bond donors (Lipinski definition) is 2. The van der Waals surface area contributed by atoms with Gasteiger partial charge in [0.15, 0.2) is 9.84 Å². The largest absolute Gasteiger partial charge is 0.462 e. The molecule has 0 aliphatic heterocycles. The monoisotopic (exact) mass is 478 g/mol. The second-order valence-electron chi connectivity index (χ2n) is 6.79. The Morgan fingerprint density at radius 3 is 2.52 bits per heavy atom. The lowest BCUT2D eigenvalue weighted by Crippen LogP contribution is -2.10. The maximum atomic E-state index is 13.1. The van der Waals surface area contributed by atoms with Crippen LogP contribution in [0.3, 0.4) is 0 Å². The zero-order valence-electron chi connectivity index (χ0n) is 16.2. The summed E-state index contributed by atoms with van der Waals surface area (Å²) in [5, 5.41) is 1.19. The van der Waals surface area contributed by atoms with Crippen LogP contribution >= 0.6 is 23.2 Å². The van der Waals surface area contributed by atoms with Gasteiger partial charge in [-0.15, -0.1) is 0 Å². The summed E-state index contributed by atoms with van der Waals surface area (Å²) in [7, 11) is -3.84. The average molecular weight is 479 g/mol. The number of sulfone groups is 1. The number of H-pyrrole nitrogens is 2. The van der Waals surface area contributed by atoms with Gasteiger partial charge in [-0.3, -0.25) is 4.79 Å². The number of nitrogens with one attached hydrogen (secondary N) is 2. The molecule has 7 nitrogen and oxygen atoms in total. The van der Waals surface area contributed by atoms with E-state index in [1.165, 1.54) is 24.4 Å². The van der Waals surface area contributed by atoms with Crippen LogP contribution in [0.1, 0.15) is 22.8 Å². The second-order valence-corrected chi connectivity index (χ2v) is 9.60. The van der Waals surface area contributed by atoms with Gasteiger partial charge in [0, 0.05) is 38.1 Å². The Bertz CT molecular complexity index is 1490. The number of benzene rings is 2. The number of esters is 1. The fourth-order valence-electron chi connectivity index (χ4n) is 3.41. The first-order valence-corrected chi connectivity index (χ1v) is 11.6. The lowest BCUT2D eigenvalue weighted by Gasteiger charge is -2.10. The van der Waals surface area contributed by atoms with Crippen LogP contribution < -0.4 is 5.56 Å². The van der Waals surface area contributed by atoms with Gasteiger partial charge in [-0.2, -0.15) is 0 Å². The van der Waals surface area contributed by atoms with Crippen molar-refractivity contribution in [3.05, 3.63) is 74.1 Å². The molecular weight excluding hydrogens is 463 g/mol. The molecule has 4 rings (SSSR count). The summed E-state index contributed by atoms with van der Waals surface area (Å²) in [5.74, 6) is -1.02. The molecule has 0 unspecified atom stereocenters. The molecule has 0 bridgehead atoms. The minimum atomic E-state index is -3.84. The Morgan fingerprint density at radius 1 is 1.13 bits per heavy atom. The van der Waals surface area contributed by atoms with Gasteiger partial charge in [-0.05, 0) is 37.3 Å². The maximum absolute atomic E-state index is 13.1. The fraction of sp³-hybridized carbons (Fsp3) is 0.143. The van der Waals surface area contributed by atoms with Crippen molar-refractivity contribution in [2.24, 2.45) is 0 Å². The maximum Gasteiger partial charge on any atom is 0.340 e. The van der Waals surface area contributed by atoms with Crippen molar-refractivity contribution in [3.63, 3.8) is 0 Å². The molecule has 4 aromatic rings. The molecule has 2 heterocycles. The van der Waals surface area contributed by atoms with Crippen molar-refractivity contribution in [1.82, 2.24) is 9.97 Å². The van der Waals surface area contributed by atoms with Crippen molar-refractivity contribution < 1.29 is 17.9 Å². The Kier molecular flexibility index (Phi) is 5.55. The zero-order valence-corrected chi connectivity index (χ0v) is 18.5. The highest BCUT2D eigenvalue weighted by Gasteiger charge is 2.22. The van der Waals surface area contributed by atoms with Crippen molar-refractivity contribution in [3.8, 4) is 0 Å². The van der Waals surface area contributed by atoms with E-state index in [1.807, 2.05) is 0 Å². The van der Waals surface area contributed by atoms with E-state index in [0.717, 1.165) is 0 Å². The van der Waals surface area contributed by atoms with Gasteiger partial charge in [-0.1, -0.05) is 29.3 Å². The first-order chi connectivity index (χ1) is 14.7. The van der Waals surface area contributed by atoms with Gasteiger partial charge in [-0.25, -0.2) is 13.2 Å². The van der Waals surface area contributed by atoms with E-state index in [-0.39, 0.29) is 32.6 Å². The zero-order chi connectivity index (χ0) is 22.3. The van der Waals surface area contributed by atoms with Gasteiger partial charge in [0.2, 0.25) is 0 Å². The van der Waals surface area contributed by atoms with E-state index in [9.17, 15) is 18.0 Å². The highest BCUT2D eigenvalue weighted by Crippen LogP contribution is 2.31. The molecule has 2 N–H and O–H groups in total. The quantitative estimate of drug-likeness (QED) is 0.411. The van der Waals surface area contributed by atoms with Crippen LogP contribution in [0.25, 0.3) is 21.8 Å². The summed E-state index contributed by atoms with van der Waals surface area (Å²) < 4.78 is 31.3. The Morgan fingerprint density at radius 2 is 1.84 bits per heavy atom.